The Bertz CT molecular complexity index is 1870. The molecule has 0 unspecified atom stereocenters. The maximum atomic E-state index is 2.62. The summed E-state index contributed by atoms with van der Waals surface area (Å²) in [7, 11) is -7.54. The van der Waals surface area contributed by atoms with E-state index in [1.54, 1.807) is 25.9 Å². The van der Waals surface area contributed by atoms with E-state index in [-0.39, 0.29) is 0 Å². The molecule has 0 atom stereocenters. The molecule has 0 spiro atoms. The first kappa shape index (κ1) is 36.3. The summed E-state index contributed by atoms with van der Waals surface area (Å²) in [5.41, 5.74) is 18.7. The maximum Gasteiger partial charge on any atom is 0.148 e. The average Bonchev–Trinajstić information content (AvgIpc) is 3.51. The molecule has 0 amide bonds. The van der Waals surface area contributed by atoms with Gasteiger partial charge in [-0.2, -0.15) is 0 Å². The smallest absolute Gasteiger partial charge is 0.0755 e. The molecule has 0 bridgehead atoms. The van der Waals surface area contributed by atoms with Crippen LogP contribution in [0.15, 0.2) is 83.7 Å². The van der Waals surface area contributed by atoms with E-state index in [0.29, 0.717) is 0 Å². The molecule has 50 heavy (non-hydrogen) atoms. The molecular formula is C47H58Si3. The highest BCUT2D eigenvalue weighted by Crippen LogP contribution is 2.56. The summed E-state index contributed by atoms with van der Waals surface area (Å²) >= 11 is 0. The van der Waals surface area contributed by atoms with Crippen LogP contribution in [0.4, 0.5) is 0 Å². The van der Waals surface area contributed by atoms with E-state index in [4.69, 9.17) is 0 Å². The highest BCUT2D eigenvalue weighted by molar-refractivity contribution is 7.83. The van der Waals surface area contributed by atoms with Crippen molar-refractivity contribution in [2.24, 2.45) is 0 Å². The van der Waals surface area contributed by atoms with Gasteiger partial charge < -0.3 is 0 Å². The summed E-state index contributed by atoms with van der Waals surface area (Å²) in [5.74, 6) is 0. The molecular weight excluding hydrogens is 649 g/mol. The predicted molar refractivity (Wildman–Crippen MR) is 229 cm³/mol. The fourth-order valence-corrected chi connectivity index (χ4v) is 43.2. The van der Waals surface area contributed by atoms with E-state index < -0.39 is 23.3 Å². The van der Waals surface area contributed by atoms with E-state index in [0.717, 1.165) is 0 Å². The molecule has 5 aromatic rings. The van der Waals surface area contributed by atoms with E-state index >= 15 is 0 Å². The minimum atomic E-state index is -2.78. The molecule has 0 radical (unpaired) electrons. The first-order valence-electron chi connectivity index (χ1n) is 18.5. The first-order valence-corrected chi connectivity index (χ1v) is 27.0. The molecule has 0 aliphatic carbocycles. The Morgan fingerprint density at radius 3 is 0.840 bits per heavy atom. The maximum absolute atomic E-state index is 2.78. The number of rotatable bonds is 6. The normalized spacial score (nSPS) is 15.0. The molecule has 1 aliphatic heterocycles. The molecule has 1 fully saturated rings. The molecule has 0 nitrogen and oxygen atoms in total. The van der Waals surface area contributed by atoms with E-state index in [1.165, 1.54) is 72.3 Å². The Morgan fingerprint density at radius 2 is 0.620 bits per heavy atom. The molecule has 6 rings (SSSR count). The largest absolute Gasteiger partial charge is 0.148 e. The second kappa shape index (κ2) is 12.6. The first-order chi connectivity index (χ1) is 23.4. The Balaban J connectivity index is 2.09. The van der Waals surface area contributed by atoms with Gasteiger partial charge in [-0.1, -0.05) is 175 Å². The molecule has 1 saturated heterocycles. The van der Waals surface area contributed by atoms with Gasteiger partial charge in [0.25, 0.3) is 0 Å². The van der Waals surface area contributed by atoms with Crippen LogP contribution in [0, 0.1) is 83.1 Å². The highest BCUT2D eigenvalue weighted by atomic mass is 29.3. The zero-order chi connectivity index (χ0) is 36.7. The van der Waals surface area contributed by atoms with Gasteiger partial charge in [0.2, 0.25) is 0 Å². The van der Waals surface area contributed by atoms with Crippen LogP contribution in [0.25, 0.3) is 5.20 Å². The second-order valence-corrected chi connectivity index (χ2v) is 33.0. The van der Waals surface area contributed by atoms with Crippen LogP contribution in [-0.2, 0) is 0 Å². The molecule has 5 aromatic carbocycles. The van der Waals surface area contributed by atoms with Crippen molar-refractivity contribution in [1.29, 1.82) is 0 Å². The zero-order valence-electron chi connectivity index (χ0n) is 33.5. The van der Waals surface area contributed by atoms with Gasteiger partial charge in [0.05, 0.1) is 8.07 Å². The Hall–Kier alpha value is -3.51. The van der Waals surface area contributed by atoms with E-state index in [1.807, 2.05) is 4.82 Å². The summed E-state index contributed by atoms with van der Waals surface area (Å²) in [5, 5.41) is 8.46. The SMILES string of the molecule is Cc1cc(C)c([Si]2(c3c(C)cc(C)cc3C)C(=C(c3ccccc3)[Si](C)(C)C)[Si]2(c2c(C)cc(C)cc2C)c2c(C)cc(C)cc2C)c(C)c1. The lowest BCUT2D eigenvalue weighted by Gasteiger charge is -2.33. The Labute approximate surface area is 306 Å². The van der Waals surface area contributed by atoms with E-state index in [9.17, 15) is 0 Å². The van der Waals surface area contributed by atoms with Gasteiger partial charge in [-0.3, -0.25) is 0 Å². The molecule has 1 aliphatic rings. The number of hydrogen-bond donors (Lipinski definition) is 0. The molecule has 0 aromatic heterocycles. The Morgan fingerprint density at radius 1 is 0.380 bits per heavy atom. The van der Waals surface area contributed by atoms with Crippen LogP contribution in [0.5, 0.6) is 0 Å². The van der Waals surface area contributed by atoms with Crippen molar-refractivity contribution in [3.63, 3.8) is 0 Å². The van der Waals surface area contributed by atoms with Crippen LogP contribution in [-0.4, -0.2) is 23.3 Å². The van der Waals surface area contributed by atoms with Crippen LogP contribution >= 0.6 is 0 Å². The van der Waals surface area contributed by atoms with Crippen molar-refractivity contribution < 1.29 is 0 Å². The predicted octanol–water partition coefficient (Wildman–Crippen LogP) is 9.72. The summed E-state index contributed by atoms with van der Waals surface area (Å²) in [4.78, 5) is 1.88. The van der Waals surface area contributed by atoms with Crippen molar-refractivity contribution in [2.45, 2.75) is 103 Å². The van der Waals surface area contributed by atoms with Crippen molar-refractivity contribution in [1.82, 2.24) is 0 Å². The fourth-order valence-electron chi connectivity index (χ4n) is 10.9. The van der Waals surface area contributed by atoms with Gasteiger partial charge in [-0.15, -0.1) is 0 Å². The molecule has 3 heteroatoms. The standard InChI is InChI=1S/C47H58Si3/c1-29-21-33(5)42(34(6)22-29)49(43-35(7)23-30(2)24-36(43)8)47(46(48(13,14)15)41-19-17-16-18-20-41)50(49,44-37(9)25-31(3)26-38(44)10)45-39(11)27-32(4)28-40(45)12/h16-28H,1-15H3. The Kier molecular flexibility index (Phi) is 9.15. The van der Waals surface area contributed by atoms with Gasteiger partial charge >= 0.3 is 0 Å². The minimum absolute atomic E-state index is 1.36. The van der Waals surface area contributed by atoms with Crippen LogP contribution in [0.2, 0.25) is 19.6 Å². The monoisotopic (exact) mass is 706 g/mol. The number of benzene rings is 5. The second-order valence-electron chi connectivity index (χ2n) is 17.0. The van der Waals surface area contributed by atoms with Gasteiger partial charge in [0, 0.05) is 0 Å². The van der Waals surface area contributed by atoms with Gasteiger partial charge in [0.15, 0.2) is 0 Å². The third kappa shape index (κ3) is 5.34. The van der Waals surface area contributed by atoms with Crippen LogP contribution in [0.3, 0.4) is 0 Å². The average molecular weight is 707 g/mol. The third-order valence-electron chi connectivity index (χ3n) is 11.5. The summed E-state index contributed by atoms with van der Waals surface area (Å²) in [6, 6.07) is 31.7. The lowest BCUT2D eigenvalue weighted by atomic mass is 10.1. The zero-order valence-corrected chi connectivity index (χ0v) is 36.5. The van der Waals surface area contributed by atoms with Crippen molar-refractivity contribution >= 4 is 49.2 Å². The minimum Gasteiger partial charge on any atom is -0.0755 e. The summed E-state index contributed by atoms with van der Waals surface area (Å²) < 4.78 is 0. The van der Waals surface area contributed by atoms with E-state index in [2.05, 4.69) is 182 Å². The summed E-state index contributed by atoms with van der Waals surface area (Å²) in [6.45, 7) is 36.5. The van der Waals surface area contributed by atoms with Gasteiger partial charge in [0.1, 0.15) is 15.2 Å². The quantitative estimate of drug-likeness (QED) is 0.154. The number of hydrogen-bond acceptors (Lipinski definition) is 0. The third-order valence-corrected chi connectivity index (χ3v) is 32.2. The molecule has 1 heterocycles. The topological polar surface area (TPSA) is 0 Å². The van der Waals surface area contributed by atoms with Gasteiger partial charge in [-0.05, 0) is 109 Å². The molecule has 0 N–H and O–H groups in total. The lowest BCUT2D eigenvalue weighted by molar-refractivity contribution is 1.33. The lowest BCUT2D eigenvalue weighted by Crippen LogP contribution is -2.69. The number of aryl methyl sites for hydroxylation is 12. The molecule has 0 saturated carbocycles. The summed E-state index contributed by atoms with van der Waals surface area (Å²) in [6.07, 6.45) is 0. The van der Waals surface area contributed by atoms with Crippen LogP contribution in [0.1, 0.15) is 72.3 Å². The molecule has 258 valence electrons. The van der Waals surface area contributed by atoms with Crippen molar-refractivity contribution in [3.8, 4) is 0 Å². The highest BCUT2D eigenvalue weighted by Gasteiger charge is 2.82. The van der Waals surface area contributed by atoms with Crippen molar-refractivity contribution in [3.05, 3.63) is 156 Å². The van der Waals surface area contributed by atoms with Crippen LogP contribution < -0.4 is 20.7 Å². The van der Waals surface area contributed by atoms with Crippen molar-refractivity contribution in [2.75, 3.05) is 0 Å². The fraction of sp³-hybridized carbons (Fsp3) is 0.319. The van der Waals surface area contributed by atoms with Gasteiger partial charge in [-0.25, -0.2) is 0 Å².